The van der Waals surface area contributed by atoms with E-state index in [0.717, 1.165) is 10.2 Å². The van der Waals surface area contributed by atoms with Crippen molar-refractivity contribution in [2.45, 2.75) is 12.8 Å². The van der Waals surface area contributed by atoms with Gasteiger partial charge in [0.15, 0.2) is 0 Å². The van der Waals surface area contributed by atoms with Gasteiger partial charge in [0.2, 0.25) is 5.91 Å². The van der Waals surface area contributed by atoms with Crippen molar-refractivity contribution in [1.29, 1.82) is 5.26 Å². The van der Waals surface area contributed by atoms with Crippen molar-refractivity contribution in [3.8, 4) is 6.07 Å². The molecule has 0 saturated heterocycles. The van der Waals surface area contributed by atoms with Gasteiger partial charge in [-0.1, -0.05) is 15.9 Å². The van der Waals surface area contributed by atoms with Gasteiger partial charge < -0.3 is 9.73 Å². The van der Waals surface area contributed by atoms with Crippen molar-refractivity contribution in [3.05, 3.63) is 52.4 Å². The number of anilines is 1. The first-order valence-electron chi connectivity index (χ1n) is 5.71. The van der Waals surface area contributed by atoms with E-state index in [1.54, 1.807) is 30.5 Å². The zero-order chi connectivity index (χ0) is 13.7. The lowest BCUT2D eigenvalue weighted by Gasteiger charge is -2.06. The molecule has 0 fully saturated rings. The summed E-state index contributed by atoms with van der Waals surface area (Å²) in [7, 11) is 0. The first-order chi connectivity index (χ1) is 9.19. The van der Waals surface area contributed by atoms with E-state index in [9.17, 15) is 4.79 Å². The Labute approximate surface area is 119 Å². The largest absolute Gasteiger partial charge is 0.469 e. The van der Waals surface area contributed by atoms with Gasteiger partial charge in [-0.3, -0.25) is 4.79 Å². The standard InChI is InChI=1S/C14H11BrN2O2/c15-11-3-5-13(10(8-11)9-16)17-14(18)6-4-12-2-1-7-19-12/h1-3,5,7-8H,4,6H2,(H,17,18). The predicted molar refractivity (Wildman–Crippen MR) is 74.5 cm³/mol. The number of carbonyl (C=O) groups is 1. The molecule has 4 nitrogen and oxygen atoms in total. The fourth-order valence-electron chi connectivity index (χ4n) is 1.62. The first-order valence-corrected chi connectivity index (χ1v) is 6.50. The summed E-state index contributed by atoms with van der Waals surface area (Å²) in [6.45, 7) is 0. The van der Waals surface area contributed by atoms with Gasteiger partial charge in [0, 0.05) is 17.3 Å². The number of hydrogen-bond donors (Lipinski definition) is 1. The molecule has 5 heteroatoms. The zero-order valence-corrected chi connectivity index (χ0v) is 11.6. The SMILES string of the molecule is N#Cc1cc(Br)ccc1NC(=O)CCc1ccco1. The van der Waals surface area contributed by atoms with Crippen LogP contribution in [0.15, 0.2) is 45.5 Å². The third-order valence-electron chi connectivity index (χ3n) is 2.55. The summed E-state index contributed by atoms with van der Waals surface area (Å²) in [6.07, 6.45) is 2.43. The van der Waals surface area contributed by atoms with Crippen LogP contribution in [0.25, 0.3) is 0 Å². The molecule has 1 amide bonds. The second kappa shape index (κ2) is 6.21. The number of nitrogens with one attached hydrogen (secondary N) is 1. The van der Waals surface area contributed by atoms with Crippen LogP contribution in [0.5, 0.6) is 0 Å². The van der Waals surface area contributed by atoms with E-state index in [1.807, 2.05) is 12.1 Å². The van der Waals surface area contributed by atoms with E-state index in [1.165, 1.54) is 0 Å². The fourth-order valence-corrected chi connectivity index (χ4v) is 1.98. The Hall–Kier alpha value is -2.06. The molecule has 1 N–H and O–H groups in total. The van der Waals surface area contributed by atoms with E-state index < -0.39 is 0 Å². The molecule has 0 spiro atoms. The lowest BCUT2D eigenvalue weighted by Crippen LogP contribution is -2.13. The fraction of sp³-hybridized carbons (Fsp3) is 0.143. The number of rotatable bonds is 4. The van der Waals surface area contributed by atoms with Crippen molar-refractivity contribution in [2.75, 3.05) is 5.32 Å². The van der Waals surface area contributed by atoms with Crippen molar-refractivity contribution in [2.24, 2.45) is 0 Å². The van der Waals surface area contributed by atoms with Gasteiger partial charge in [0.1, 0.15) is 11.8 Å². The van der Waals surface area contributed by atoms with Gasteiger partial charge in [-0.2, -0.15) is 5.26 Å². The monoisotopic (exact) mass is 318 g/mol. The van der Waals surface area contributed by atoms with Crippen LogP contribution in [0.4, 0.5) is 5.69 Å². The summed E-state index contributed by atoms with van der Waals surface area (Å²) in [4.78, 5) is 11.8. The number of amides is 1. The molecule has 0 aliphatic rings. The van der Waals surface area contributed by atoms with Crippen LogP contribution in [-0.2, 0) is 11.2 Å². The molecule has 1 aromatic carbocycles. The quantitative estimate of drug-likeness (QED) is 0.938. The summed E-state index contributed by atoms with van der Waals surface area (Å²) >= 11 is 3.28. The van der Waals surface area contributed by atoms with Crippen LogP contribution >= 0.6 is 15.9 Å². The molecular weight excluding hydrogens is 308 g/mol. The topological polar surface area (TPSA) is 66.0 Å². The molecule has 2 aromatic rings. The van der Waals surface area contributed by atoms with Crippen LogP contribution in [0, 0.1) is 11.3 Å². The van der Waals surface area contributed by atoms with Crippen molar-refractivity contribution < 1.29 is 9.21 Å². The minimum atomic E-state index is -0.143. The van der Waals surface area contributed by atoms with Gasteiger partial charge in [-0.05, 0) is 30.3 Å². The van der Waals surface area contributed by atoms with Gasteiger partial charge in [-0.15, -0.1) is 0 Å². The number of furan rings is 1. The van der Waals surface area contributed by atoms with Gasteiger partial charge >= 0.3 is 0 Å². The average Bonchev–Trinajstić information content (AvgIpc) is 2.91. The van der Waals surface area contributed by atoms with E-state index in [-0.39, 0.29) is 5.91 Å². The number of carbonyl (C=O) groups excluding carboxylic acids is 1. The Bertz CT molecular complexity index is 615. The maximum atomic E-state index is 11.8. The molecule has 0 atom stereocenters. The summed E-state index contributed by atoms with van der Waals surface area (Å²) in [5, 5.41) is 11.7. The molecule has 96 valence electrons. The lowest BCUT2D eigenvalue weighted by atomic mass is 10.2. The van der Waals surface area contributed by atoms with Crippen LogP contribution < -0.4 is 5.32 Å². The second-order valence-corrected chi connectivity index (χ2v) is 4.84. The first kappa shape index (κ1) is 13.4. The summed E-state index contributed by atoms with van der Waals surface area (Å²) in [5.41, 5.74) is 0.955. The van der Waals surface area contributed by atoms with Gasteiger partial charge in [0.05, 0.1) is 17.5 Å². The summed E-state index contributed by atoms with van der Waals surface area (Å²) < 4.78 is 5.96. The minimum absolute atomic E-state index is 0.143. The molecule has 0 aliphatic carbocycles. The van der Waals surface area contributed by atoms with E-state index in [0.29, 0.717) is 24.1 Å². The van der Waals surface area contributed by atoms with Crippen molar-refractivity contribution >= 4 is 27.5 Å². The molecule has 0 radical (unpaired) electrons. The molecule has 0 unspecified atom stereocenters. The smallest absolute Gasteiger partial charge is 0.224 e. The van der Waals surface area contributed by atoms with Crippen LogP contribution in [0.3, 0.4) is 0 Å². The molecule has 0 aliphatic heterocycles. The zero-order valence-electron chi connectivity index (χ0n) is 10.0. The number of nitrogens with zero attached hydrogens (tertiary/aromatic N) is 1. The number of nitriles is 1. The van der Waals surface area contributed by atoms with Gasteiger partial charge in [0.25, 0.3) is 0 Å². The number of benzene rings is 1. The number of hydrogen-bond acceptors (Lipinski definition) is 3. The molecule has 2 rings (SSSR count). The maximum Gasteiger partial charge on any atom is 0.224 e. The molecule has 1 aromatic heterocycles. The average molecular weight is 319 g/mol. The van der Waals surface area contributed by atoms with E-state index in [2.05, 4.69) is 21.2 Å². The molecule has 1 heterocycles. The Balaban J connectivity index is 1.97. The molecule has 0 saturated carbocycles. The Kier molecular flexibility index (Phi) is 4.37. The highest BCUT2D eigenvalue weighted by Gasteiger charge is 2.08. The third-order valence-corrected chi connectivity index (χ3v) is 3.05. The van der Waals surface area contributed by atoms with E-state index in [4.69, 9.17) is 9.68 Å². The van der Waals surface area contributed by atoms with Crippen LogP contribution in [0.1, 0.15) is 17.7 Å². The number of halogens is 1. The lowest BCUT2D eigenvalue weighted by molar-refractivity contribution is -0.116. The second-order valence-electron chi connectivity index (χ2n) is 3.93. The number of aryl methyl sites for hydroxylation is 1. The molecule has 19 heavy (non-hydrogen) atoms. The third kappa shape index (κ3) is 3.70. The highest BCUT2D eigenvalue weighted by atomic mass is 79.9. The van der Waals surface area contributed by atoms with Crippen molar-refractivity contribution in [3.63, 3.8) is 0 Å². The Morgan fingerprint density at radius 3 is 2.95 bits per heavy atom. The Morgan fingerprint density at radius 2 is 2.26 bits per heavy atom. The van der Waals surface area contributed by atoms with Crippen LogP contribution in [-0.4, -0.2) is 5.91 Å². The maximum absolute atomic E-state index is 11.8. The van der Waals surface area contributed by atoms with E-state index >= 15 is 0 Å². The summed E-state index contributed by atoms with van der Waals surface area (Å²) in [6, 6.07) is 10.8. The molecule has 0 bridgehead atoms. The normalized spacial score (nSPS) is 9.89. The van der Waals surface area contributed by atoms with Crippen LogP contribution in [0.2, 0.25) is 0 Å². The minimum Gasteiger partial charge on any atom is -0.469 e. The highest BCUT2D eigenvalue weighted by Crippen LogP contribution is 2.20. The molecular formula is C14H11BrN2O2. The summed E-state index contributed by atoms with van der Waals surface area (Å²) in [5.74, 6) is 0.627. The highest BCUT2D eigenvalue weighted by molar-refractivity contribution is 9.10. The van der Waals surface area contributed by atoms with Crippen molar-refractivity contribution in [1.82, 2.24) is 0 Å². The predicted octanol–water partition coefficient (Wildman–Crippen LogP) is 3.49. The van der Waals surface area contributed by atoms with Gasteiger partial charge in [-0.25, -0.2) is 0 Å². The Morgan fingerprint density at radius 1 is 1.42 bits per heavy atom.